The lowest BCUT2D eigenvalue weighted by Gasteiger charge is -2.15. The molecule has 0 aliphatic heterocycles. The van der Waals surface area contributed by atoms with Crippen molar-refractivity contribution in [1.29, 1.82) is 0 Å². The number of benzene rings is 2. The van der Waals surface area contributed by atoms with E-state index < -0.39 is 6.10 Å². The molecule has 2 rings (SSSR count). The molecule has 0 radical (unpaired) electrons. The summed E-state index contributed by atoms with van der Waals surface area (Å²) >= 11 is 11.8. The Labute approximate surface area is 152 Å². The summed E-state index contributed by atoms with van der Waals surface area (Å²) < 4.78 is 5.57. The molecule has 1 atom stereocenters. The van der Waals surface area contributed by atoms with Gasteiger partial charge >= 0.3 is 0 Å². The fourth-order valence-electron chi connectivity index (χ4n) is 2.04. The lowest BCUT2D eigenvalue weighted by atomic mass is 10.3. The molecule has 0 aliphatic carbocycles. The summed E-state index contributed by atoms with van der Waals surface area (Å²) in [6.45, 7) is 3.06. The van der Waals surface area contributed by atoms with E-state index in [0.717, 1.165) is 18.7 Å². The van der Waals surface area contributed by atoms with Crippen molar-refractivity contribution in [2.24, 2.45) is 0 Å². The molecule has 0 saturated carbocycles. The standard InChI is InChI=1S/C18H20Cl2N2O2/c1-13(24-15-8-9-16(19)17(20)12-15)18(23)22-11-5-10-21-14-6-3-2-4-7-14/h2-4,6-9,12-13,21H,5,10-11H2,1H3,(H,22,23). The maximum absolute atomic E-state index is 12.0. The van der Waals surface area contributed by atoms with Crippen LogP contribution in [0.3, 0.4) is 0 Å². The highest BCUT2D eigenvalue weighted by Crippen LogP contribution is 2.26. The molecule has 0 bridgehead atoms. The lowest BCUT2D eigenvalue weighted by Crippen LogP contribution is -2.37. The topological polar surface area (TPSA) is 50.4 Å². The molecule has 1 amide bonds. The second kappa shape index (κ2) is 9.40. The van der Waals surface area contributed by atoms with Crippen LogP contribution in [0.4, 0.5) is 5.69 Å². The minimum atomic E-state index is -0.607. The fourth-order valence-corrected chi connectivity index (χ4v) is 2.33. The number of carbonyl (C=O) groups excluding carboxylic acids is 1. The minimum Gasteiger partial charge on any atom is -0.481 e. The molecule has 0 spiro atoms. The number of para-hydroxylation sites is 1. The van der Waals surface area contributed by atoms with E-state index in [1.165, 1.54) is 0 Å². The van der Waals surface area contributed by atoms with Gasteiger partial charge < -0.3 is 15.4 Å². The van der Waals surface area contributed by atoms with Crippen molar-refractivity contribution >= 4 is 34.8 Å². The molecule has 4 nitrogen and oxygen atoms in total. The highest BCUT2D eigenvalue weighted by molar-refractivity contribution is 6.42. The van der Waals surface area contributed by atoms with Crippen LogP contribution in [0.2, 0.25) is 10.0 Å². The van der Waals surface area contributed by atoms with E-state index in [2.05, 4.69) is 10.6 Å². The SMILES string of the molecule is CC(Oc1ccc(Cl)c(Cl)c1)C(=O)NCCCNc1ccccc1. The smallest absolute Gasteiger partial charge is 0.260 e. The second-order valence-corrected chi connectivity index (χ2v) is 6.09. The lowest BCUT2D eigenvalue weighted by molar-refractivity contribution is -0.127. The number of anilines is 1. The Morgan fingerprint density at radius 1 is 1.08 bits per heavy atom. The van der Waals surface area contributed by atoms with E-state index in [4.69, 9.17) is 27.9 Å². The van der Waals surface area contributed by atoms with Crippen LogP contribution in [-0.2, 0) is 4.79 Å². The zero-order chi connectivity index (χ0) is 17.4. The summed E-state index contributed by atoms with van der Waals surface area (Å²) in [5.74, 6) is 0.346. The number of halogens is 2. The molecule has 0 heterocycles. The molecule has 1 unspecified atom stereocenters. The molecule has 2 aromatic carbocycles. The number of ether oxygens (including phenoxy) is 1. The van der Waals surface area contributed by atoms with E-state index >= 15 is 0 Å². The molecular formula is C18H20Cl2N2O2. The normalized spacial score (nSPS) is 11.6. The van der Waals surface area contributed by atoms with Gasteiger partial charge in [-0.25, -0.2) is 0 Å². The molecule has 2 N–H and O–H groups in total. The number of nitrogens with one attached hydrogen (secondary N) is 2. The Kier molecular flexibility index (Phi) is 7.22. The van der Waals surface area contributed by atoms with Crippen molar-refractivity contribution in [1.82, 2.24) is 5.32 Å². The van der Waals surface area contributed by atoms with E-state index in [1.54, 1.807) is 25.1 Å². The number of rotatable bonds is 8. The van der Waals surface area contributed by atoms with Gasteiger partial charge in [-0.1, -0.05) is 41.4 Å². The van der Waals surface area contributed by atoms with Crippen LogP contribution >= 0.6 is 23.2 Å². The van der Waals surface area contributed by atoms with Gasteiger partial charge in [-0.05, 0) is 37.6 Å². The van der Waals surface area contributed by atoms with Gasteiger partial charge in [0, 0.05) is 24.8 Å². The summed E-state index contributed by atoms with van der Waals surface area (Å²) in [6, 6.07) is 14.9. The summed E-state index contributed by atoms with van der Waals surface area (Å²) in [7, 11) is 0. The number of hydrogen-bond acceptors (Lipinski definition) is 3. The van der Waals surface area contributed by atoms with Gasteiger partial charge in [0.05, 0.1) is 10.0 Å². The Balaban J connectivity index is 1.67. The maximum atomic E-state index is 12.0. The average molecular weight is 367 g/mol. The van der Waals surface area contributed by atoms with Crippen LogP contribution in [0.25, 0.3) is 0 Å². The van der Waals surface area contributed by atoms with Crippen molar-refractivity contribution in [2.45, 2.75) is 19.4 Å². The van der Waals surface area contributed by atoms with Crippen molar-refractivity contribution < 1.29 is 9.53 Å². The largest absolute Gasteiger partial charge is 0.481 e. The van der Waals surface area contributed by atoms with E-state index in [1.807, 2.05) is 30.3 Å². The summed E-state index contributed by atoms with van der Waals surface area (Å²) in [6.07, 6.45) is 0.212. The number of amides is 1. The second-order valence-electron chi connectivity index (χ2n) is 5.27. The van der Waals surface area contributed by atoms with Crippen molar-refractivity contribution in [3.05, 3.63) is 58.6 Å². The highest BCUT2D eigenvalue weighted by atomic mass is 35.5. The van der Waals surface area contributed by atoms with Gasteiger partial charge in [0.1, 0.15) is 5.75 Å². The molecule has 0 fully saturated rings. The van der Waals surface area contributed by atoms with E-state index in [0.29, 0.717) is 22.3 Å². The van der Waals surface area contributed by atoms with Crippen LogP contribution in [0, 0.1) is 0 Å². The van der Waals surface area contributed by atoms with Crippen LogP contribution in [0.1, 0.15) is 13.3 Å². The van der Waals surface area contributed by atoms with Gasteiger partial charge in [0.25, 0.3) is 5.91 Å². The quantitative estimate of drug-likeness (QED) is 0.681. The van der Waals surface area contributed by atoms with Gasteiger partial charge in [0.2, 0.25) is 0 Å². The third-order valence-corrected chi connectivity index (χ3v) is 4.07. The first-order chi connectivity index (χ1) is 11.6. The number of hydrogen-bond donors (Lipinski definition) is 2. The van der Waals surface area contributed by atoms with Crippen molar-refractivity contribution in [3.8, 4) is 5.75 Å². The highest BCUT2D eigenvalue weighted by Gasteiger charge is 2.14. The average Bonchev–Trinajstić information content (AvgIpc) is 2.58. The first kappa shape index (κ1) is 18.4. The molecule has 2 aromatic rings. The van der Waals surface area contributed by atoms with E-state index in [-0.39, 0.29) is 5.91 Å². The van der Waals surface area contributed by atoms with Crippen LogP contribution in [0.5, 0.6) is 5.75 Å². The Hall–Kier alpha value is -1.91. The first-order valence-corrected chi connectivity index (χ1v) is 8.50. The zero-order valence-electron chi connectivity index (χ0n) is 13.4. The zero-order valence-corrected chi connectivity index (χ0v) is 14.9. The summed E-state index contributed by atoms with van der Waals surface area (Å²) in [4.78, 5) is 12.0. The van der Waals surface area contributed by atoms with Gasteiger partial charge in [-0.2, -0.15) is 0 Å². The molecule has 0 aliphatic rings. The van der Waals surface area contributed by atoms with E-state index in [9.17, 15) is 4.79 Å². The molecule has 0 saturated heterocycles. The summed E-state index contributed by atoms with van der Waals surface area (Å²) in [5, 5.41) is 6.99. The fraction of sp³-hybridized carbons (Fsp3) is 0.278. The molecule has 0 aromatic heterocycles. The molecule has 24 heavy (non-hydrogen) atoms. The maximum Gasteiger partial charge on any atom is 0.260 e. The van der Waals surface area contributed by atoms with Gasteiger partial charge in [0.15, 0.2) is 6.10 Å². The van der Waals surface area contributed by atoms with Crippen LogP contribution in [-0.4, -0.2) is 25.1 Å². The third-order valence-electron chi connectivity index (χ3n) is 3.33. The Morgan fingerprint density at radius 2 is 1.83 bits per heavy atom. The molecule has 6 heteroatoms. The monoisotopic (exact) mass is 366 g/mol. The minimum absolute atomic E-state index is 0.166. The molecular weight excluding hydrogens is 347 g/mol. The Bertz CT molecular complexity index is 665. The molecule has 128 valence electrons. The predicted molar refractivity (Wildman–Crippen MR) is 99.1 cm³/mol. The number of carbonyl (C=O) groups is 1. The van der Waals surface area contributed by atoms with Crippen molar-refractivity contribution in [2.75, 3.05) is 18.4 Å². The van der Waals surface area contributed by atoms with Crippen LogP contribution < -0.4 is 15.4 Å². The van der Waals surface area contributed by atoms with Crippen molar-refractivity contribution in [3.63, 3.8) is 0 Å². The van der Waals surface area contributed by atoms with Gasteiger partial charge in [-0.3, -0.25) is 4.79 Å². The predicted octanol–water partition coefficient (Wildman–Crippen LogP) is 4.38. The first-order valence-electron chi connectivity index (χ1n) is 7.74. The summed E-state index contributed by atoms with van der Waals surface area (Å²) in [5.41, 5.74) is 1.07. The third kappa shape index (κ3) is 5.95. The Morgan fingerprint density at radius 3 is 2.54 bits per heavy atom. The van der Waals surface area contributed by atoms with Crippen LogP contribution in [0.15, 0.2) is 48.5 Å². The van der Waals surface area contributed by atoms with Gasteiger partial charge in [-0.15, -0.1) is 0 Å².